The van der Waals surface area contributed by atoms with Crippen molar-refractivity contribution >= 4 is 15.9 Å². The molecule has 0 radical (unpaired) electrons. The van der Waals surface area contributed by atoms with Crippen molar-refractivity contribution in [2.75, 3.05) is 20.1 Å². The van der Waals surface area contributed by atoms with Crippen LogP contribution in [-0.4, -0.2) is 50.9 Å². The molecule has 0 bridgehead atoms. The number of hydrogen-bond acceptors (Lipinski definition) is 4. The van der Waals surface area contributed by atoms with Crippen LogP contribution in [0.25, 0.3) is 0 Å². The lowest BCUT2D eigenvalue weighted by Gasteiger charge is -2.32. The highest BCUT2D eigenvalue weighted by Gasteiger charge is 2.24. The zero-order valence-electron chi connectivity index (χ0n) is 15.5. The first-order valence-electron chi connectivity index (χ1n) is 8.67. The van der Waals surface area contributed by atoms with E-state index in [-0.39, 0.29) is 11.7 Å². The quantitative estimate of drug-likeness (QED) is 0.831. The highest BCUT2D eigenvalue weighted by Crippen LogP contribution is 2.16. The minimum absolute atomic E-state index is 0.0389. The average molecular weight is 368 g/mol. The summed E-state index contributed by atoms with van der Waals surface area (Å²) in [7, 11) is -1.55. The molecule has 0 aliphatic carbocycles. The Bertz CT molecular complexity index is 711. The molecular weight excluding hydrogens is 338 g/mol. The fourth-order valence-electron chi connectivity index (χ4n) is 3.10. The van der Waals surface area contributed by atoms with Crippen molar-refractivity contribution in [1.82, 2.24) is 14.9 Å². The lowest BCUT2D eigenvalue weighted by molar-refractivity contribution is 0.0698. The van der Waals surface area contributed by atoms with E-state index in [4.69, 9.17) is 0 Å². The summed E-state index contributed by atoms with van der Waals surface area (Å²) in [6.45, 7) is 6.84. The molecule has 1 heterocycles. The normalized spacial score (nSPS) is 19.0. The summed E-state index contributed by atoms with van der Waals surface area (Å²) in [5.74, 6) is -0.173. The van der Waals surface area contributed by atoms with Crippen LogP contribution in [-0.2, 0) is 15.8 Å². The standard InChI is InChI=1S/C18H29N3O3S/c1-18(2,3)20-25(23,24)13-14-7-5-8-15(11-14)17(22)21-10-6-9-16(12-21)19-4/h5,7-8,11,16,19-20H,6,9-10,12-13H2,1-4H3. The lowest BCUT2D eigenvalue weighted by Crippen LogP contribution is -2.47. The van der Waals surface area contributed by atoms with Crippen molar-refractivity contribution in [1.29, 1.82) is 0 Å². The van der Waals surface area contributed by atoms with Crippen LogP contribution in [0.15, 0.2) is 24.3 Å². The van der Waals surface area contributed by atoms with Crippen molar-refractivity contribution in [3.05, 3.63) is 35.4 Å². The number of carbonyl (C=O) groups excluding carboxylic acids is 1. The largest absolute Gasteiger partial charge is 0.337 e. The van der Waals surface area contributed by atoms with Gasteiger partial charge in [-0.2, -0.15) is 0 Å². The minimum Gasteiger partial charge on any atom is -0.337 e. The predicted molar refractivity (Wildman–Crippen MR) is 99.9 cm³/mol. The molecule has 1 aliphatic heterocycles. The van der Waals surface area contributed by atoms with Gasteiger partial charge in [-0.3, -0.25) is 4.79 Å². The number of nitrogens with one attached hydrogen (secondary N) is 2. The van der Waals surface area contributed by atoms with Crippen LogP contribution in [0.5, 0.6) is 0 Å². The summed E-state index contributed by atoms with van der Waals surface area (Å²) in [6.07, 6.45) is 2.04. The van der Waals surface area contributed by atoms with Crippen LogP contribution in [0, 0.1) is 0 Å². The van der Waals surface area contributed by atoms with Gasteiger partial charge in [0, 0.05) is 30.2 Å². The Morgan fingerprint density at radius 1 is 1.32 bits per heavy atom. The van der Waals surface area contributed by atoms with E-state index in [1.54, 1.807) is 45.0 Å². The molecule has 0 spiro atoms. The number of amides is 1. The number of nitrogens with zero attached hydrogens (tertiary/aromatic N) is 1. The number of likely N-dealkylation sites (N-methyl/N-ethyl adjacent to an activating group) is 1. The molecule has 25 heavy (non-hydrogen) atoms. The lowest BCUT2D eigenvalue weighted by atomic mass is 10.0. The molecule has 6 nitrogen and oxygen atoms in total. The number of benzene rings is 1. The molecule has 1 fully saturated rings. The van der Waals surface area contributed by atoms with Crippen molar-refractivity contribution < 1.29 is 13.2 Å². The molecular formula is C18H29N3O3S. The Hall–Kier alpha value is -1.44. The zero-order valence-corrected chi connectivity index (χ0v) is 16.3. The second kappa shape index (κ2) is 7.85. The van der Waals surface area contributed by atoms with Gasteiger partial charge in [-0.25, -0.2) is 13.1 Å². The minimum atomic E-state index is -3.46. The van der Waals surface area contributed by atoms with Crippen LogP contribution in [0.4, 0.5) is 0 Å². The van der Waals surface area contributed by atoms with Crippen molar-refractivity contribution in [3.63, 3.8) is 0 Å². The number of likely N-dealkylation sites (tertiary alicyclic amines) is 1. The molecule has 1 saturated heterocycles. The van der Waals surface area contributed by atoms with E-state index in [1.165, 1.54) is 0 Å². The van der Waals surface area contributed by atoms with Crippen molar-refractivity contribution in [2.45, 2.75) is 50.9 Å². The van der Waals surface area contributed by atoms with Gasteiger partial charge >= 0.3 is 0 Å². The van der Waals surface area contributed by atoms with Gasteiger partial charge in [0.1, 0.15) is 0 Å². The average Bonchev–Trinajstić information content (AvgIpc) is 2.51. The van der Waals surface area contributed by atoms with Gasteiger partial charge in [-0.1, -0.05) is 12.1 Å². The maximum atomic E-state index is 12.7. The molecule has 2 N–H and O–H groups in total. The van der Waals surface area contributed by atoms with Crippen LogP contribution in [0.2, 0.25) is 0 Å². The first-order chi connectivity index (χ1) is 11.6. The summed E-state index contributed by atoms with van der Waals surface area (Å²) in [6, 6.07) is 7.24. The Labute approximate surface area is 151 Å². The third kappa shape index (κ3) is 6.09. The third-order valence-corrected chi connectivity index (χ3v) is 5.75. The van der Waals surface area contributed by atoms with Gasteiger partial charge in [0.05, 0.1) is 5.75 Å². The second-order valence-electron chi connectivity index (χ2n) is 7.69. The molecule has 1 aliphatic rings. The first-order valence-corrected chi connectivity index (χ1v) is 10.3. The molecule has 7 heteroatoms. The van der Waals surface area contributed by atoms with Gasteiger partial charge < -0.3 is 10.2 Å². The Kier molecular flexibility index (Phi) is 6.24. The molecule has 0 aromatic heterocycles. The van der Waals surface area contributed by atoms with E-state index >= 15 is 0 Å². The van der Waals surface area contributed by atoms with Crippen LogP contribution in [0.1, 0.15) is 49.5 Å². The maximum Gasteiger partial charge on any atom is 0.253 e. The van der Waals surface area contributed by atoms with Gasteiger partial charge in [0.15, 0.2) is 0 Å². The van der Waals surface area contributed by atoms with E-state index in [9.17, 15) is 13.2 Å². The summed E-state index contributed by atoms with van der Waals surface area (Å²) in [4.78, 5) is 14.6. The number of sulfonamides is 1. The van der Waals surface area contributed by atoms with Gasteiger partial charge in [0.2, 0.25) is 10.0 Å². The van der Waals surface area contributed by atoms with E-state index in [0.29, 0.717) is 23.7 Å². The van der Waals surface area contributed by atoms with Gasteiger partial charge in [0.25, 0.3) is 5.91 Å². The van der Waals surface area contributed by atoms with Crippen molar-refractivity contribution in [3.8, 4) is 0 Å². The zero-order chi connectivity index (χ0) is 18.7. The van der Waals surface area contributed by atoms with Crippen LogP contribution in [0.3, 0.4) is 0 Å². The first kappa shape index (κ1) is 19.9. The highest BCUT2D eigenvalue weighted by atomic mass is 32.2. The topological polar surface area (TPSA) is 78.5 Å². The number of rotatable bonds is 5. The summed E-state index contributed by atoms with van der Waals surface area (Å²) >= 11 is 0. The van der Waals surface area contributed by atoms with Crippen molar-refractivity contribution in [2.24, 2.45) is 0 Å². The van der Waals surface area contributed by atoms with E-state index in [2.05, 4.69) is 10.0 Å². The molecule has 1 unspecified atom stereocenters. The maximum absolute atomic E-state index is 12.7. The third-order valence-electron chi connectivity index (χ3n) is 4.11. The van der Waals surface area contributed by atoms with Gasteiger partial charge in [-0.15, -0.1) is 0 Å². The molecule has 0 saturated carbocycles. The predicted octanol–water partition coefficient (Wildman–Crippen LogP) is 1.73. The van der Waals surface area contributed by atoms with E-state index < -0.39 is 15.6 Å². The molecule has 1 aromatic rings. The molecule has 1 aromatic carbocycles. The number of hydrogen-bond donors (Lipinski definition) is 2. The fraction of sp³-hybridized carbons (Fsp3) is 0.611. The molecule has 2 rings (SSSR count). The Morgan fingerprint density at radius 2 is 2.04 bits per heavy atom. The SMILES string of the molecule is CNC1CCCN(C(=O)c2cccc(CS(=O)(=O)NC(C)(C)C)c2)C1. The second-order valence-corrected chi connectivity index (χ2v) is 9.41. The van der Waals surface area contributed by atoms with E-state index in [1.807, 2.05) is 11.9 Å². The summed E-state index contributed by atoms with van der Waals surface area (Å²) in [5.41, 5.74) is 0.632. The molecule has 140 valence electrons. The Balaban J connectivity index is 2.12. The smallest absolute Gasteiger partial charge is 0.253 e. The van der Waals surface area contributed by atoms with Crippen LogP contribution < -0.4 is 10.0 Å². The fourth-order valence-corrected chi connectivity index (χ4v) is 4.72. The number of piperidine rings is 1. The Morgan fingerprint density at radius 3 is 2.68 bits per heavy atom. The van der Waals surface area contributed by atoms with Crippen LogP contribution >= 0.6 is 0 Å². The highest BCUT2D eigenvalue weighted by molar-refractivity contribution is 7.88. The summed E-state index contributed by atoms with van der Waals surface area (Å²) in [5, 5.41) is 3.22. The van der Waals surface area contributed by atoms with Gasteiger partial charge in [-0.05, 0) is 58.4 Å². The molecule has 1 amide bonds. The summed E-state index contributed by atoms with van der Waals surface area (Å²) < 4.78 is 27.2. The molecule has 1 atom stereocenters. The van der Waals surface area contributed by atoms with E-state index in [0.717, 1.165) is 19.4 Å². The number of carbonyl (C=O) groups is 1. The monoisotopic (exact) mass is 367 g/mol.